The van der Waals surface area contributed by atoms with Gasteiger partial charge in [0.2, 0.25) is 0 Å². The molecule has 0 heterocycles. The van der Waals surface area contributed by atoms with Crippen LogP contribution >= 0.6 is 15.9 Å². The van der Waals surface area contributed by atoms with E-state index in [0.717, 1.165) is 21.3 Å². The second-order valence-electron chi connectivity index (χ2n) is 2.75. The Kier molecular flexibility index (Phi) is 2.83. The van der Waals surface area contributed by atoms with E-state index < -0.39 is 0 Å². The second-order valence-corrected chi connectivity index (χ2v) is 3.55. The zero-order valence-electron chi connectivity index (χ0n) is 7.44. The Morgan fingerprint density at radius 2 is 2.00 bits per heavy atom. The maximum atomic E-state index is 5.76. The molecule has 0 aromatic heterocycles. The van der Waals surface area contributed by atoms with Gasteiger partial charge in [0.05, 0.1) is 7.11 Å². The Morgan fingerprint density at radius 3 is 2.50 bits per heavy atom. The van der Waals surface area contributed by atoms with Crippen molar-refractivity contribution < 1.29 is 4.74 Å². The highest BCUT2D eigenvalue weighted by Gasteiger charge is 2.07. The van der Waals surface area contributed by atoms with E-state index in [1.807, 2.05) is 19.9 Å². The van der Waals surface area contributed by atoms with Gasteiger partial charge in [0.1, 0.15) is 13.6 Å². The summed E-state index contributed by atoms with van der Waals surface area (Å²) in [6, 6.07) is 1.90. The molecule has 0 bridgehead atoms. The quantitative estimate of drug-likeness (QED) is 0.662. The highest BCUT2D eigenvalue weighted by atomic mass is 79.9. The first kappa shape index (κ1) is 9.65. The molecule has 0 aliphatic carbocycles. The van der Waals surface area contributed by atoms with E-state index in [0.29, 0.717) is 5.46 Å². The van der Waals surface area contributed by atoms with Crippen molar-refractivity contribution in [3.63, 3.8) is 0 Å². The second kappa shape index (κ2) is 3.52. The van der Waals surface area contributed by atoms with E-state index >= 15 is 0 Å². The summed E-state index contributed by atoms with van der Waals surface area (Å²) in [4.78, 5) is 0. The first-order valence-corrected chi connectivity index (χ1v) is 4.46. The van der Waals surface area contributed by atoms with E-state index in [2.05, 4.69) is 15.9 Å². The van der Waals surface area contributed by atoms with Crippen molar-refractivity contribution in [2.24, 2.45) is 0 Å². The van der Waals surface area contributed by atoms with Crippen LogP contribution < -0.4 is 10.2 Å². The Labute approximate surface area is 82.7 Å². The molecule has 0 spiro atoms. The summed E-state index contributed by atoms with van der Waals surface area (Å²) in [6.07, 6.45) is 0. The van der Waals surface area contributed by atoms with Gasteiger partial charge < -0.3 is 4.74 Å². The molecule has 1 aromatic rings. The van der Waals surface area contributed by atoms with Crippen LogP contribution in [-0.4, -0.2) is 15.0 Å². The van der Waals surface area contributed by atoms with E-state index in [1.54, 1.807) is 7.11 Å². The molecule has 0 unspecified atom stereocenters. The maximum absolute atomic E-state index is 5.76. The minimum atomic E-state index is 0.690. The number of halogens is 1. The van der Waals surface area contributed by atoms with Gasteiger partial charge in [0, 0.05) is 10.0 Å². The lowest BCUT2D eigenvalue weighted by Crippen LogP contribution is -2.10. The van der Waals surface area contributed by atoms with Gasteiger partial charge in [-0.2, -0.15) is 0 Å². The van der Waals surface area contributed by atoms with Gasteiger partial charge in [-0.15, -0.1) is 0 Å². The van der Waals surface area contributed by atoms with Crippen LogP contribution in [0.1, 0.15) is 11.1 Å². The fraction of sp³-hybridized carbons (Fsp3) is 0.333. The van der Waals surface area contributed by atoms with Crippen LogP contribution in [0.5, 0.6) is 5.75 Å². The van der Waals surface area contributed by atoms with Gasteiger partial charge in [-0.3, -0.25) is 0 Å². The van der Waals surface area contributed by atoms with E-state index in [1.165, 1.54) is 0 Å². The van der Waals surface area contributed by atoms with Crippen molar-refractivity contribution in [3.8, 4) is 5.75 Å². The van der Waals surface area contributed by atoms with E-state index in [-0.39, 0.29) is 0 Å². The lowest BCUT2D eigenvalue weighted by atomic mass is 9.91. The van der Waals surface area contributed by atoms with Gasteiger partial charge >= 0.3 is 0 Å². The maximum Gasteiger partial charge on any atom is 0.119 e. The largest absolute Gasteiger partial charge is 0.497 e. The fourth-order valence-corrected chi connectivity index (χ4v) is 1.54. The molecule has 0 aliphatic heterocycles. The molecule has 62 valence electrons. The van der Waals surface area contributed by atoms with E-state index in [4.69, 9.17) is 12.6 Å². The smallest absolute Gasteiger partial charge is 0.119 e. The third kappa shape index (κ3) is 1.51. The van der Waals surface area contributed by atoms with Crippen molar-refractivity contribution >= 4 is 29.2 Å². The topological polar surface area (TPSA) is 9.23 Å². The van der Waals surface area contributed by atoms with Crippen molar-refractivity contribution in [2.45, 2.75) is 13.8 Å². The normalized spacial score (nSPS) is 10.0. The molecule has 0 saturated heterocycles. The molecule has 2 radical (unpaired) electrons. The fourth-order valence-electron chi connectivity index (χ4n) is 1.25. The summed E-state index contributed by atoms with van der Waals surface area (Å²) >= 11 is 3.47. The molecule has 1 nitrogen and oxygen atoms in total. The predicted molar refractivity (Wildman–Crippen MR) is 55.6 cm³/mol. The molecule has 0 atom stereocenters. The lowest BCUT2D eigenvalue weighted by molar-refractivity contribution is 0.414. The van der Waals surface area contributed by atoms with Crippen LogP contribution in [0.25, 0.3) is 0 Å². The molecule has 12 heavy (non-hydrogen) atoms. The number of aryl methyl sites for hydroxylation is 1. The number of benzene rings is 1. The van der Waals surface area contributed by atoms with Gasteiger partial charge in [-0.25, -0.2) is 0 Å². The standard InChI is InChI=1S/C9H10BBrO/c1-5-4-7(10)9(12-3)6(2)8(5)11/h4H,1-3H3. The molecule has 1 aromatic carbocycles. The Bertz CT molecular complexity index is 310. The minimum Gasteiger partial charge on any atom is -0.497 e. The molecule has 3 heteroatoms. The van der Waals surface area contributed by atoms with Crippen LogP contribution in [0.3, 0.4) is 0 Å². The summed E-state index contributed by atoms with van der Waals surface area (Å²) in [5.41, 5.74) is 2.87. The number of hydrogen-bond donors (Lipinski definition) is 0. The zero-order chi connectivity index (χ0) is 9.30. The van der Waals surface area contributed by atoms with Gasteiger partial charge in [0.15, 0.2) is 0 Å². The number of rotatable bonds is 1. The van der Waals surface area contributed by atoms with Gasteiger partial charge in [-0.1, -0.05) is 27.5 Å². The summed E-state index contributed by atoms with van der Waals surface area (Å²) in [5.74, 6) is 0.757. The summed E-state index contributed by atoms with van der Waals surface area (Å²) < 4.78 is 6.22. The van der Waals surface area contributed by atoms with Gasteiger partial charge in [-0.05, 0) is 19.4 Å². The van der Waals surface area contributed by atoms with Crippen LogP contribution in [0, 0.1) is 13.8 Å². The predicted octanol–water partition coefficient (Wildman–Crippen LogP) is 1.87. The number of methoxy groups -OCH3 is 1. The van der Waals surface area contributed by atoms with Crippen molar-refractivity contribution in [2.75, 3.05) is 7.11 Å². The Balaban J connectivity index is 3.40. The molecular weight excluding hydrogens is 215 g/mol. The highest BCUT2D eigenvalue weighted by Crippen LogP contribution is 2.26. The van der Waals surface area contributed by atoms with Gasteiger partial charge in [0.25, 0.3) is 0 Å². The van der Waals surface area contributed by atoms with Crippen LogP contribution in [-0.2, 0) is 0 Å². The van der Waals surface area contributed by atoms with Crippen LogP contribution in [0.15, 0.2) is 10.5 Å². The minimum absolute atomic E-state index is 0.690. The average Bonchev–Trinajstić information content (AvgIpc) is 2.01. The zero-order valence-corrected chi connectivity index (χ0v) is 9.03. The average molecular weight is 225 g/mol. The molecule has 0 saturated carbocycles. The highest BCUT2D eigenvalue weighted by molar-refractivity contribution is 9.10. The SMILES string of the molecule is [B]c1cc(C)c(Br)c(C)c1OC. The molecular formula is C9H10BBrO. The molecule has 1 rings (SSSR count). The molecule has 0 N–H and O–H groups in total. The summed E-state index contributed by atoms with van der Waals surface area (Å²) in [5, 5.41) is 0. The first-order valence-electron chi connectivity index (χ1n) is 3.67. The molecule has 0 fully saturated rings. The molecule has 0 amide bonds. The number of ether oxygens (including phenoxy) is 1. The number of hydrogen-bond acceptors (Lipinski definition) is 1. The Morgan fingerprint density at radius 1 is 1.42 bits per heavy atom. The summed E-state index contributed by atoms with van der Waals surface area (Å²) in [7, 11) is 7.38. The first-order chi connectivity index (χ1) is 5.57. The monoisotopic (exact) mass is 224 g/mol. The van der Waals surface area contributed by atoms with Crippen LogP contribution in [0.2, 0.25) is 0 Å². The van der Waals surface area contributed by atoms with Crippen molar-refractivity contribution in [1.29, 1.82) is 0 Å². The van der Waals surface area contributed by atoms with Crippen molar-refractivity contribution in [3.05, 3.63) is 21.7 Å². The van der Waals surface area contributed by atoms with Crippen molar-refractivity contribution in [1.82, 2.24) is 0 Å². The molecule has 0 aliphatic rings. The Hall–Kier alpha value is -0.435. The lowest BCUT2D eigenvalue weighted by Gasteiger charge is -2.12. The third-order valence-electron chi connectivity index (χ3n) is 1.85. The van der Waals surface area contributed by atoms with E-state index in [9.17, 15) is 0 Å². The third-order valence-corrected chi connectivity index (χ3v) is 3.07. The summed E-state index contributed by atoms with van der Waals surface area (Å²) in [6.45, 7) is 3.99. The van der Waals surface area contributed by atoms with Crippen LogP contribution in [0.4, 0.5) is 0 Å².